The van der Waals surface area contributed by atoms with Gasteiger partial charge in [-0.05, 0) is 32.6 Å². The molecule has 1 rings (SSSR count). The normalized spacial score (nSPS) is 23.2. The fraction of sp³-hybridized carbons (Fsp3) is 0.778. The van der Waals surface area contributed by atoms with Gasteiger partial charge in [0.2, 0.25) is 0 Å². The molecule has 1 heteroatoms. The lowest BCUT2D eigenvalue weighted by Gasteiger charge is -2.22. The van der Waals surface area contributed by atoms with E-state index in [4.69, 9.17) is 4.74 Å². The van der Waals surface area contributed by atoms with Gasteiger partial charge in [-0.2, -0.15) is 0 Å². The molecule has 0 aliphatic carbocycles. The Morgan fingerprint density at radius 1 is 1.40 bits per heavy atom. The number of allylic oxidation sites excluding steroid dienone is 2. The molecule has 0 N–H and O–H groups in total. The Morgan fingerprint density at radius 3 is 2.50 bits per heavy atom. The van der Waals surface area contributed by atoms with Crippen LogP contribution in [-0.4, -0.2) is 13.2 Å². The van der Waals surface area contributed by atoms with E-state index in [-0.39, 0.29) is 0 Å². The highest BCUT2D eigenvalue weighted by Crippen LogP contribution is 2.22. The van der Waals surface area contributed by atoms with Crippen molar-refractivity contribution in [1.29, 1.82) is 0 Å². The molecule has 0 aromatic carbocycles. The van der Waals surface area contributed by atoms with Crippen LogP contribution in [0.1, 0.15) is 26.7 Å². The van der Waals surface area contributed by atoms with Crippen LogP contribution in [0.5, 0.6) is 0 Å². The van der Waals surface area contributed by atoms with Crippen molar-refractivity contribution in [1.82, 2.24) is 0 Å². The summed E-state index contributed by atoms with van der Waals surface area (Å²) in [6, 6.07) is 0. The summed E-state index contributed by atoms with van der Waals surface area (Å²) in [4.78, 5) is 0. The van der Waals surface area contributed by atoms with Crippen LogP contribution in [0.25, 0.3) is 0 Å². The van der Waals surface area contributed by atoms with Gasteiger partial charge in [-0.1, -0.05) is 11.6 Å². The Labute approximate surface area is 63.1 Å². The molecule has 10 heavy (non-hydrogen) atoms. The van der Waals surface area contributed by atoms with Crippen molar-refractivity contribution in [3.05, 3.63) is 11.6 Å². The SMILES string of the molecule is C/C=C(\C)C1CCOCC1. The first-order chi connectivity index (χ1) is 4.84. The summed E-state index contributed by atoms with van der Waals surface area (Å²) in [6.45, 7) is 6.24. The smallest absolute Gasteiger partial charge is 0.0471 e. The van der Waals surface area contributed by atoms with E-state index in [1.807, 2.05) is 0 Å². The molecule has 0 amide bonds. The molecular formula is C9H16O. The van der Waals surface area contributed by atoms with Crippen LogP contribution in [0.15, 0.2) is 11.6 Å². The molecule has 58 valence electrons. The Bertz CT molecular complexity index is 121. The minimum Gasteiger partial charge on any atom is -0.381 e. The van der Waals surface area contributed by atoms with Crippen LogP contribution in [0, 0.1) is 5.92 Å². The minimum absolute atomic E-state index is 0.804. The summed E-state index contributed by atoms with van der Waals surface area (Å²) in [5.74, 6) is 0.804. The van der Waals surface area contributed by atoms with Crippen molar-refractivity contribution in [2.75, 3.05) is 13.2 Å². The number of hydrogen-bond acceptors (Lipinski definition) is 1. The Hall–Kier alpha value is -0.300. The molecular weight excluding hydrogens is 124 g/mol. The molecule has 0 spiro atoms. The molecule has 0 aromatic heterocycles. The van der Waals surface area contributed by atoms with Crippen LogP contribution in [0.4, 0.5) is 0 Å². The lowest BCUT2D eigenvalue weighted by molar-refractivity contribution is 0.0757. The fourth-order valence-electron chi connectivity index (χ4n) is 1.39. The van der Waals surface area contributed by atoms with Crippen LogP contribution < -0.4 is 0 Å². The van der Waals surface area contributed by atoms with E-state index in [0.29, 0.717) is 0 Å². The fourth-order valence-corrected chi connectivity index (χ4v) is 1.39. The molecule has 0 saturated carbocycles. The zero-order valence-corrected chi connectivity index (χ0v) is 6.89. The molecule has 1 heterocycles. The van der Waals surface area contributed by atoms with Gasteiger partial charge in [-0.25, -0.2) is 0 Å². The second kappa shape index (κ2) is 3.77. The summed E-state index contributed by atoms with van der Waals surface area (Å²) < 4.78 is 5.27. The van der Waals surface area contributed by atoms with Crippen LogP contribution in [0.2, 0.25) is 0 Å². The molecule has 1 aliphatic heterocycles. The van der Waals surface area contributed by atoms with E-state index in [1.54, 1.807) is 0 Å². The predicted octanol–water partition coefficient (Wildman–Crippen LogP) is 2.38. The van der Waals surface area contributed by atoms with Crippen molar-refractivity contribution in [3.8, 4) is 0 Å². The molecule has 0 bridgehead atoms. The maximum atomic E-state index is 5.27. The highest BCUT2D eigenvalue weighted by Gasteiger charge is 2.13. The molecule has 1 fully saturated rings. The molecule has 0 atom stereocenters. The highest BCUT2D eigenvalue weighted by atomic mass is 16.5. The third-order valence-corrected chi connectivity index (χ3v) is 2.32. The first-order valence-corrected chi connectivity index (χ1v) is 4.05. The van der Waals surface area contributed by atoms with Gasteiger partial charge in [0.25, 0.3) is 0 Å². The third-order valence-electron chi connectivity index (χ3n) is 2.32. The largest absolute Gasteiger partial charge is 0.381 e. The van der Waals surface area contributed by atoms with E-state index in [1.165, 1.54) is 18.4 Å². The first kappa shape index (κ1) is 7.80. The monoisotopic (exact) mass is 140 g/mol. The average Bonchev–Trinajstić information content (AvgIpc) is 2.05. The van der Waals surface area contributed by atoms with Crippen molar-refractivity contribution in [2.24, 2.45) is 5.92 Å². The van der Waals surface area contributed by atoms with Crippen molar-refractivity contribution in [2.45, 2.75) is 26.7 Å². The summed E-state index contributed by atoms with van der Waals surface area (Å²) in [7, 11) is 0. The topological polar surface area (TPSA) is 9.23 Å². The number of rotatable bonds is 1. The maximum absolute atomic E-state index is 5.27. The first-order valence-electron chi connectivity index (χ1n) is 4.05. The summed E-state index contributed by atoms with van der Waals surface area (Å²) in [6.07, 6.45) is 4.66. The summed E-state index contributed by atoms with van der Waals surface area (Å²) in [5, 5.41) is 0. The second-order valence-corrected chi connectivity index (χ2v) is 2.92. The van der Waals surface area contributed by atoms with Crippen LogP contribution >= 0.6 is 0 Å². The lowest BCUT2D eigenvalue weighted by atomic mass is 9.92. The van der Waals surface area contributed by atoms with Gasteiger partial charge in [-0.3, -0.25) is 0 Å². The number of hydrogen-bond donors (Lipinski definition) is 0. The molecule has 0 unspecified atom stereocenters. The van der Waals surface area contributed by atoms with E-state index < -0.39 is 0 Å². The lowest BCUT2D eigenvalue weighted by Crippen LogP contribution is -2.16. The van der Waals surface area contributed by atoms with Gasteiger partial charge < -0.3 is 4.74 Å². The standard InChI is InChI=1S/C9H16O/c1-3-8(2)9-4-6-10-7-5-9/h3,9H,4-7H2,1-2H3/b8-3+. The van der Waals surface area contributed by atoms with Gasteiger partial charge in [0.05, 0.1) is 0 Å². The Kier molecular flexibility index (Phi) is 2.94. The van der Waals surface area contributed by atoms with Crippen molar-refractivity contribution in [3.63, 3.8) is 0 Å². The van der Waals surface area contributed by atoms with E-state index in [0.717, 1.165) is 19.1 Å². The van der Waals surface area contributed by atoms with E-state index in [9.17, 15) is 0 Å². The predicted molar refractivity (Wildman–Crippen MR) is 43.0 cm³/mol. The molecule has 1 aliphatic rings. The van der Waals surface area contributed by atoms with Gasteiger partial charge in [-0.15, -0.1) is 0 Å². The molecule has 0 aromatic rings. The minimum atomic E-state index is 0.804. The highest BCUT2D eigenvalue weighted by molar-refractivity contribution is 5.02. The molecule has 0 radical (unpaired) electrons. The maximum Gasteiger partial charge on any atom is 0.0471 e. The third kappa shape index (κ3) is 1.84. The average molecular weight is 140 g/mol. The van der Waals surface area contributed by atoms with Crippen molar-refractivity contribution < 1.29 is 4.74 Å². The molecule has 1 nitrogen and oxygen atoms in total. The van der Waals surface area contributed by atoms with Crippen LogP contribution in [-0.2, 0) is 4.74 Å². The van der Waals surface area contributed by atoms with E-state index in [2.05, 4.69) is 19.9 Å². The Morgan fingerprint density at radius 2 is 2.00 bits per heavy atom. The van der Waals surface area contributed by atoms with Gasteiger partial charge >= 0.3 is 0 Å². The quantitative estimate of drug-likeness (QED) is 0.508. The Balaban J connectivity index is 2.39. The summed E-state index contributed by atoms with van der Waals surface area (Å²) in [5.41, 5.74) is 1.53. The van der Waals surface area contributed by atoms with Gasteiger partial charge in [0, 0.05) is 13.2 Å². The zero-order valence-electron chi connectivity index (χ0n) is 6.89. The zero-order chi connectivity index (χ0) is 7.40. The second-order valence-electron chi connectivity index (χ2n) is 2.92. The van der Waals surface area contributed by atoms with Gasteiger partial charge in [0.15, 0.2) is 0 Å². The van der Waals surface area contributed by atoms with Crippen LogP contribution in [0.3, 0.4) is 0 Å². The van der Waals surface area contributed by atoms with Crippen molar-refractivity contribution >= 4 is 0 Å². The van der Waals surface area contributed by atoms with Gasteiger partial charge in [0.1, 0.15) is 0 Å². The summed E-state index contributed by atoms with van der Waals surface area (Å²) >= 11 is 0. The molecule has 1 saturated heterocycles. The van der Waals surface area contributed by atoms with E-state index >= 15 is 0 Å². The number of ether oxygens (including phenoxy) is 1.